The Morgan fingerprint density at radius 1 is 1.14 bits per heavy atom. The molecule has 0 heterocycles. The number of nitrogens with zero attached hydrogens (tertiary/aromatic N) is 1. The van der Waals surface area contributed by atoms with Crippen LogP contribution in [0.5, 0.6) is 5.75 Å². The number of benzene rings is 2. The average molecular weight is 424 g/mol. The average Bonchev–Trinajstić information content (AvgIpc) is 2.69. The highest BCUT2D eigenvalue weighted by Crippen LogP contribution is 2.32. The zero-order valence-electron chi connectivity index (χ0n) is 14.6. The first-order valence-corrected chi connectivity index (χ1v) is 8.33. The van der Waals surface area contributed by atoms with Crippen LogP contribution >= 0.6 is 11.6 Å². The lowest BCUT2D eigenvalue weighted by atomic mass is 10.1. The highest BCUT2D eigenvalue weighted by Gasteiger charge is 2.30. The van der Waals surface area contributed by atoms with E-state index in [1.165, 1.54) is 24.3 Å². The molecule has 0 aromatic heterocycles. The summed E-state index contributed by atoms with van der Waals surface area (Å²) in [7, 11) is 0. The number of carbonyl (C=O) groups is 2. The summed E-state index contributed by atoms with van der Waals surface area (Å²) in [6.45, 7) is -0.407. The van der Waals surface area contributed by atoms with E-state index in [2.05, 4.69) is 10.9 Å². The quantitative estimate of drug-likeness (QED) is 0.569. The Hall–Kier alpha value is -3.51. The molecular weight excluding hydrogens is 411 g/mol. The smallest absolute Gasteiger partial charge is 0.416 e. The van der Waals surface area contributed by atoms with Crippen molar-refractivity contribution in [2.24, 2.45) is 0 Å². The van der Waals surface area contributed by atoms with Gasteiger partial charge in [0, 0.05) is 11.1 Å². The van der Waals surface area contributed by atoms with Crippen molar-refractivity contribution in [1.29, 1.82) is 5.26 Å². The molecule has 2 aromatic carbocycles. The van der Waals surface area contributed by atoms with Crippen LogP contribution in [0, 0.1) is 11.3 Å². The van der Waals surface area contributed by atoms with Gasteiger partial charge >= 0.3 is 6.18 Å². The monoisotopic (exact) mass is 423 g/mol. The predicted octanol–water partition coefficient (Wildman–Crippen LogP) is 3.47. The van der Waals surface area contributed by atoms with Gasteiger partial charge in [0.25, 0.3) is 11.8 Å². The summed E-state index contributed by atoms with van der Waals surface area (Å²) in [5.74, 6) is -1.11. The van der Waals surface area contributed by atoms with E-state index in [0.29, 0.717) is 11.3 Å². The second-order valence-electron chi connectivity index (χ2n) is 5.53. The predicted molar refractivity (Wildman–Crippen MR) is 98.4 cm³/mol. The van der Waals surface area contributed by atoms with E-state index in [0.717, 1.165) is 30.4 Å². The Morgan fingerprint density at radius 3 is 2.45 bits per heavy atom. The van der Waals surface area contributed by atoms with Gasteiger partial charge in [-0.15, -0.1) is 0 Å². The summed E-state index contributed by atoms with van der Waals surface area (Å²) in [5, 5.41) is 8.72. The Morgan fingerprint density at radius 2 is 1.83 bits per heavy atom. The molecule has 2 amide bonds. The molecule has 2 rings (SSSR count). The third-order valence-electron chi connectivity index (χ3n) is 3.42. The highest BCUT2D eigenvalue weighted by atomic mass is 35.5. The lowest BCUT2D eigenvalue weighted by Crippen LogP contribution is -2.43. The second-order valence-corrected chi connectivity index (χ2v) is 5.94. The molecule has 0 aliphatic heterocycles. The normalized spacial score (nSPS) is 11.0. The maximum atomic E-state index is 12.7. The van der Waals surface area contributed by atoms with Crippen LogP contribution in [-0.4, -0.2) is 18.4 Å². The number of nitriles is 1. The lowest BCUT2D eigenvalue weighted by Gasteiger charge is -2.09. The van der Waals surface area contributed by atoms with Crippen molar-refractivity contribution in [3.8, 4) is 11.8 Å². The fourth-order valence-electron chi connectivity index (χ4n) is 2.00. The second kappa shape index (κ2) is 9.61. The minimum Gasteiger partial charge on any atom is -0.484 e. The summed E-state index contributed by atoms with van der Waals surface area (Å²) in [4.78, 5) is 23.4. The molecule has 10 heteroatoms. The SMILES string of the molecule is N#Cc1ccc(OCC(=O)NNC(=O)/C=C/c2cc(C(F)(F)F)ccc2Cl)cc1. The molecule has 2 N–H and O–H groups in total. The fraction of sp³-hybridized carbons (Fsp3) is 0.105. The van der Waals surface area contributed by atoms with Crippen LogP contribution in [0.25, 0.3) is 6.08 Å². The van der Waals surface area contributed by atoms with Gasteiger partial charge in [-0.3, -0.25) is 20.4 Å². The number of nitrogens with one attached hydrogen (secondary N) is 2. The largest absolute Gasteiger partial charge is 0.484 e. The molecule has 0 spiro atoms. The van der Waals surface area contributed by atoms with Gasteiger partial charge in [-0.05, 0) is 54.1 Å². The lowest BCUT2D eigenvalue weighted by molar-refractivity contribution is -0.137. The van der Waals surface area contributed by atoms with Crippen LogP contribution in [0.4, 0.5) is 13.2 Å². The highest BCUT2D eigenvalue weighted by molar-refractivity contribution is 6.32. The van der Waals surface area contributed by atoms with Crippen molar-refractivity contribution < 1.29 is 27.5 Å². The summed E-state index contributed by atoms with van der Waals surface area (Å²) >= 11 is 5.82. The Balaban J connectivity index is 1.84. The molecule has 0 saturated carbocycles. The summed E-state index contributed by atoms with van der Waals surface area (Å²) in [5.41, 5.74) is 3.66. The molecule has 0 aliphatic rings. The van der Waals surface area contributed by atoms with E-state index < -0.39 is 30.2 Å². The number of alkyl halides is 3. The maximum Gasteiger partial charge on any atom is 0.416 e. The van der Waals surface area contributed by atoms with E-state index in [1.54, 1.807) is 0 Å². The summed E-state index contributed by atoms with van der Waals surface area (Å²) < 4.78 is 43.3. The fourth-order valence-corrected chi connectivity index (χ4v) is 2.18. The van der Waals surface area contributed by atoms with Crippen LogP contribution in [0.1, 0.15) is 16.7 Å². The number of hydrogen-bond donors (Lipinski definition) is 2. The Labute approximate surface area is 168 Å². The van der Waals surface area contributed by atoms with Crippen LogP contribution in [0.15, 0.2) is 48.5 Å². The summed E-state index contributed by atoms with van der Waals surface area (Å²) in [6, 6.07) is 10.7. The molecule has 0 aliphatic carbocycles. The maximum absolute atomic E-state index is 12.7. The molecule has 6 nitrogen and oxygen atoms in total. The first kappa shape index (κ1) is 21.8. The number of rotatable bonds is 5. The minimum atomic E-state index is -4.54. The molecule has 0 unspecified atom stereocenters. The zero-order valence-corrected chi connectivity index (χ0v) is 15.3. The molecule has 150 valence electrons. The number of ether oxygens (including phenoxy) is 1. The van der Waals surface area contributed by atoms with Gasteiger partial charge in [0.05, 0.1) is 17.2 Å². The van der Waals surface area contributed by atoms with Crippen LogP contribution in [-0.2, 0) is 15.8 Å². The number of amides is 2. The van der Waals surface area contributed by atoms with E-state index in [9.17, 15) is 22.8 Å². The first-order valence-electron chi connectivity index (χ1n) is 7.95. The van der Waals surface area contributed by atoms with E-state index in [1.807, 2.05) is 6.07 Å². The van der Waals surface area contributed by atoms with Crippen molar-refractivity contribution in [1.82, 2.24) is 10.9 Å². The summed E-state index contributed by atoms with van der Waals surface area (Å²) in [6.07, 6.45) is -2.53. The van der Waals surface area contributed by atoms with Crippen molar-refractivity contribution in [2.75, 3.05) is 6.61 Å². The molecule has 0 fully saturated rings. The molecule has 0 saturated heterocycles. The van der Waals surface area contributed by atoms with Gasteiger partial charge in [-0.2, -0.15) is 18.4 Å². The van der Waals surface area contributed by atoms with Crippen LogP contribution in [0.2, 0.25) is 5.02 Å². The standard InChI is InChI=1S/C19H13ClF3N3O3/c20-16-7-4-14(19(21,22)23)9-13(16)3-8-17(27)25-26-18(28)11-29-15-5-1-12(10-24)2-6-15/h1-9H,11H2,(H,25,27)(H,26,28)/b8-3+. The van der Waals surface area contributed by atoms with Crippen LogP contribution in [0.3, 0.4) is 0 Å². The molecular formula is C19H13ClF3N3O3. The molecule has 0 radical (unpaired) electrons. The van der Waals surface area contributed by atoms with Gasteiger partial charge in [-0.25, -0.2) is 0 Å². The number of hydrogen-bond acceptors (Lipinski definition) is 4. The molecule has 0 atom stereocenters. The van der Waals surface area contributed by atoms with Gasteiger partial charge in [0.2, 0.25) is 0 Å². The molecule has 0 bridgehead atoms. The first-order chi connectivity index (χ1) is 13.7. The topological polar surface area (TPSA) is 91.2 Å². The van der Waals surface area contributed by atoms with Crippen molar-refractivity contribution in [3.05, 3.63) is 70.3 Å². The van der Waals surface area contributed by atoms with Crippen LogP contribution < -0.4 is 15.6 Å². The number of hydrazine groups is 1. The third kappa shape index (κ3) is 6.86. The Bertz CT molecular complexity index is 967. The van der Waals surface area contributed by atoms with E-state index in [4.69, 9.17) is 21.6 Å². The molecule has 29 heavy (non-hydrogen) atoms. The van der Waals surface area contributed by atoms with Gasteiger partial charge < -0.3 is 4.74 Å². The van der Waals surface area contributed by atoms with Gasteiger partial charge in [-0.1, -0.05) is 11.6 Å². The number of halogens is 4. The number of carbonyl (C=O) groups excluding carboxylic acids is 2. The Kier molecular flexibility index (Phi) is 7.22. The van der Waals surface area contributed by atoms with E-state index >= 15 is 0 Å². The van der Waals surface area contributed by atoms with Crippen molar-refractivity contribution in [2.45, 2.75) is 6.18 Å². The van der Waals surface area contributed by atoms with Gasteiger partial charge in [0.15, 0.2) is 6.61 Å². The third-order valence-corrected chi connectivity index (χ3v) is 3.76. The minimum absolute atomic E-state index is 0.00730. The zero-order chi connectivity index (χ0) is 21.4. The van der Waals surface area contributed by atoms with Gasteiger partial charge in [0.1, 0.15) is 5.75 Å². The molecule has 2 aromatic rings. The van der Waals surface area contributed by atoms with Crippen molar-refractivity contribution in [3.63, 3.8) is 0 Å². The van der Waals surface area contributed by atoms with Crippen molar-refractivity contribution >= 4 is 29.5 Å². The van der Waals surface area contributed by atoms with E-state index in [-0.39, 0.29) is 10.6 Å².